The van der Waals surface area contributed by atoms with Crippen LogP contribution in [0.4, 0.5) is 0 Å². The zero-order valence-corrected chi connectivity index (χ0v) is 7.42. The molecule has 66 valence electrons. The zero-order valence-electron chi connectivity index (χ0n) is 7.42. The minimum absolute atomic E-state index is 0.287. The van der Waals surface area contributed by atoms with Gasteiger partial charge < -0.3 is 9.84 Å². The van der Waals surface area contributed by atoms with E-state index in [1.807, 2.05) is 0 Å². The monoisotopic (exact) mass is 158 g/mol. The van der Waals surface area contributed by atoms with E-state index in [1.165, 1.54) is 0 Å². The van der Waals surface area contributed by atoms with Gasteiger partial charge in [-0.3, -0.25) is 0 Å². The van der Waals surface area contributed by atoms with Crippen molar-refractivity contribution in [1.82, 2.24) is 0 Å². The Bertz CT molecular complexity index is 114. The fraction of sp³-hybridized carbons (Fsp3) is 1.00. The van der Waals surface area contributed by atoms with E-state index in [4.69, 9.17) is 9.84 Å². The number of ether oxygens (including phenoxy) is 1. The third kappa shape index (κ3) is 2.17. The highest BCUT2D eigenvalue weighted by Crippen LogP contribution is 2.33. The third-order valence-corrected chi connectivity index (χ3v) is 2.38. The van der Waals surface area contributed by atoms with E-state index in [0.29, 0.717) is 18.1 Å². The Morgan fingerprint density at radius 3 is 2.55 bits per heavy atom. The summed E-state index contributed by atoms with van der Waals surface area (Å²) in [6, 6.07) is 0. The van der Waals surface area contributed by atoms with Crippen molar-refractivity contribution >= 4 is 0 Å². The summed E-state index contributed by atoms with van der Waals surface area (Å²) in [5.74, 6) is 0.393. The largest absolute Gasteiger partial charge is 0.396 e. The first-order valence-electron chi connectivity index (χ1n) is 4.59. The first-order chi connectivity index (χ1) is 5.33. The summed E-state index contributed by atoms with van der Waals surface area (Å²) >= 11 is 0. The topological polar surface area (TPSA) is 32.8 Å². The van der Waals surface area contributed by atoms with Crippen LogP contribution < -0.4 is 0 Å². The van der Waals surface area contributed by atoms with Crippen LogP contribution in [0.2, 0.25) is 0 Å². The van der Waals surface area contributed by atoms with Crippen LogP contribution in [0.3, 0.4) is 0 Å². The Labute approximate surface area is 68.6 Å². The molecule has 1 N–H and O–H groups in total. The van der Waals surface area contributed by atoms with Crippen molar-refractivity contribution in [3.63, 3.8) is 0 Å². The van der Waals surface area contributed by atoms with E-state index in [9.17, 15) is 0 Å². The summed E-state index contributed by atoms with van der Waals surface area (Å²) in [7, 11) is 0. The first kappa shape index (κ1) is 9.01. The van der Waals surface area contributed by atoms with Crippen LogP contribution in [0.15, 0.2) is 0 Å². The van der Waals surface area contributed by atoms with Crippen LogP contribution in [0, 0.1) is 5.92 Å². The van der Waals surface area contributed by atoms with Gasteiger partial charge in [0.15, 0.2) is 0 Å². The lowest BCUT2D eigenvalue weighted by Gasteiger charge is -2.08. The third-order valence-electron chi connectivity index (χ3n) is 2.38. The minimum Gasteiger partial charge on any atom is -0.396 e. The molecule has 1 rings (SSSR count). The predicted octanol–water partition coefficient (Wildman–Crippen LogP) is 1.57. The quantitative estimate of drug-likeness (QED) is 0.616. The second kappa shape index (κ2) is 4.07. The molecular formula is C9H18O2. The van der Waals surface area contributed by atoms with Crippen LogP contribution >= 0.6 is 0 Å². The van der Waals surface area contributed by atoms with Crippen LogP contribution in [0.25, 0.3) is 0 Å². The molecule has 0 bridgehead atoms. The summed E-state index contributed by atoms with van der Waals surface area (Å²) in [6.45, 7) is 4.56. The molecule has 0 aromatic heterocycles. The van der Waals surface area contributed by atoms with E-state index in [0.717, 1.165) is 19.3 Å². The fourth-order valence-corrected chi connectivity index (χ4v) is 1.63. The van der Waals surface area contributed by atoms with Gasteiger partial charge in [0.1, 0.15) is 0 Å². The van der Waals surface area contributed by atoms with Crippen molar-refractivity contribution in [2.24, 2.45) is 5.92 Å². The molecule has 1 aliphatic heterocycles. The van der Waals surface area contributed by atoms with E-state index < -0.39 is 0 Å². The van der Waals surface area contributed by atoms with Gasteiger partial charge in [0.25, 0.3) is 0 Å². The number of rotatable bonds is 5. The SMILES string of the molecule is CCC[C@H](CO)[C@H]1O[C@H]1CC. The standard InChI is InChI=1S/C9H18O2/c1-3-5-7(6-10)9-8(4-2)11-9/h7-10H,3-6H2,1-2H3/t7-,8+,9-/m1/s1. The van der Waals surface area contributed by atoms with Gasteiger partial charge in [-0.05, 0) is 12.8 Å². The number of aliphatic hydroxyl groups is 1. The van der Waals surface area contributed by atoms with Gasteiger partial charge in [0.2, 0.25) is 0 Å². The molecule has 0 unspecified atom stereocenters. The molecule has 2 nitrogen and oxygen atoms in total. The second-order valence-electron chi connectivity index (χ2n) is 3.28. The van der Waals surface area contributed by atoms with Gasteiger partial charge in [-0.1, -0.05) is 20.3 Å². The molecule has 0 aromatic carbocycles. The maximum absolute atomic E-state index is 9.00. The summed E-state index contributed by atoms with van der Waals surface area (Å²) in [6.07, 6.45) is 4.13. The maximum Gasteiger partial charge on any atom is 0.0891 e. The Kier molecular flexibility index (Phi) is 3.34. The maximum atomic E-state index is 9.00. The summed E-state index contributed by atoms with van der Waals surface area (Å²) in [5.41, 5.74) is 0. The molecule has 0 radical (unpaired) electrons. The van der Waals surface area contributed by atoms with Gasteiger partial charge in [0.05, 0.1) is 12.2 Å². The smallest absolute Gasteiger partial charge is 0.0891 e. The predicted molar refractivity (Wildman–Crippen MR) is 44.4 cm³/mol. The lowest BCUT2D eigenvalue weighted by Crippen LogP contribution is -2.14. The molecule has 0 aliphatic carbocycles. The lowest BCUT2D eigenvalue weighted by atomic mass is 9.98. The van der Waals surface area contributed by atoms with E-state index in [2.05, 4.69) is 13.8 Å². The van der Waals surface area contributed by atoms with Gasteiger partial charge in [-0.25, -0.2) is 0 Å². The van der Waals surface area contributed by atoms with E-state index >= 15 is 0 Å². The van der Waals surface area contributed by atoms with Crippen molar-refractivity contribution in [2.45, 2.75) is 45.3 Å². The molecule has 0 amide bonds. The van der Waals surface area contributed by atoms with Gasteiger partial charge in [-0.15, -0.1) is 0 Å². The first-order valence-corrected chi connectivity index (χ1v) is 4.59. The molecule has 3 atom stereocenters. The molecule has 1 fully saturated rings. The van der Waals surface area contributed by atoms with Gasteiger partial charge >= 0.3 is 0 Å². The second-order valence-corrected chi connectivity index (χ2v) is 3.28. The highest BCUT2D eigenvalue weighted by Gasteiger charge is 2.42. The van der Waals surface area contributed by atoms with Crippen molar-refractivity contribution in [3.05, 3.63) is 0 Å². The van der Waals surface area contributed by atoms with Crippen molar-refractivity contribution in [1.29, 1.82) is 0 Å². The molecule has 2 heteroatoms. The molecular weight excluding hydrogens is 140 g/mol. The van der Waals surface area contributed by atoms with Crippen LogP contribution in [0.1, 0.15) is 33.1 Å². The van der Waals surface area contributed by atoms with Crippen molar-refractivity contribution < 1.29 is 9.84 Å². The fourth-order valence-electron chi connectivity index (χ4n) is 1.63. The molecule has 1 saturated heterocycles. The average Bonchev–Trinajstić information content (AvgIpc) is 2.79. The molecule has 0 saturated carbocycles. The minimum atomic E-state index is 0.287. The lowest BCUT2D eigenvalue weighted by molar-refractivity contribution is 0.184. The normalized spacial score (nSPS) is 31.9. The molecule has 11 heavy (non-hydrogen) atoms. The Morgan fingerprint density at radius 2 is 2.18 bits per heavy atom. The van der Waals surface area contributed by atoms with Gasteiger partial charge in [-0.2, -0.15) is 0 Å². The highest BCUT2D eigenvalue weighted by atomic mass is 16.6. The zero-order chi connectivity index (χ0) is 8.27. The van der Waals surface area contributed by atoms with Crippen LogP contribution in [0.5, 0.6) is 0 Å². The molecule has 1 heterocycles. The number of hydrogen-bond acceptors (Lipinski definition) is 2. The number of aliphatic hydroxyl groups excluding tert-OH is 1. The van der Waals surface area contributed by atoms with Crippen molar-refractivity contribution in [3.8, 4) is 0 Å². The Balaban J connectivity index is 2.22. The highest BCUT2D eigenvalue weighted by molar-refractivity contribution is 4.88. The summed E-state index contributed by atoms with van der Waals surface area (Å²) < 4.78 is 5.41. The number of epoxide rings is 1. The van der Waals surface area contributed by atoms with Crippen LogP contribution in [-0.2, 0) is 4.74 Å². The molecule has 0 aromatic rings. The number of hydrogen-bond donors (Lipinski definition) is 1. The van der Waals surface area contributed by atoms with E-state index in [-0.39, 0.29) is 6.61 Å². The summed E-state index contributed by atoms with van der Waals surface area (Å²) in [5, 5.41) is 9.00. The average molecular weight is 158 g/mol. The Hall–Kier alpha value is -0.0800. The van der Waals surface area contributed by atoms with Crippen molar-refractivity contribution in [2.75, 3.05) is 6.61 Å². The Morgan fingerprint density at radius 1 is 1.45 bits per heavy atom. The van der Waals surface area contributed by atoms with E-state index in [1.54, 1.807) is 0 Å². The molecule has 0 spiro atoms. The van der Waals surface area contributed by atoms with Gasteiger partial charge in [0, 0.05) is 12.5 Å². The van der Waals surface area contributed by atoms with Crippen LogP contribution in [-0.4, -0.2) is 23.9 Å². The molecule has 1 aliphatic rings. The summed E-state index contributed by atoms with van der Waals surface area (Å²) in [4.78, 5) is 0.